The molecule has 0 aliphatic heterocycles. The second-order valence-electron chi connectivity index (χ2n) is 3.83. The first-order chi connectivity index (χ1) is 8.83. The van der Waals surface area contributed by atoms with E-state index < -0.39 is 26.2 Å². The number of aryl methyl sites for hydroxylation is 1. The van der Waals surface area contributed by atoms with E-state index in [-0.39, 0.29) is 5.82 Å². The Bertz CT molecular complexity index is 815. The minimum absolute atomic E-state index is 0.121. The lowest BCUT2D eigenvalue weighted by atomic mass is 10.6. The van der Waals surface area contributed by atoms with Gasteiger partial charge < -0.3 is 4.57 Å². The average Bonchev–Trinajstić information content (AvgIpc) is 2.83. The molecule has 0 atom stereocenters. The summed E-state index contributed by atoms with van der Waals surface area (Å²) in [7, 11) is -1.52. The van der Waals surface area contributed by atoms with Crippen LogP contribution in [-0.2, 0) is 24.1 Å². The van der Waals surface area contributed by atoms with E-state index in [1.165, 1.54) is 26.4 Å². The number of nitrogens with one attached hydrogen (secondary N) is 2. The third-order valence-electron chi connectivity index (χ3n) is 2.45. The summed E-state index contributed by atoms with van der Waals surface area (Å²) in [6, 6.07) is 1.39. The van der Waals surface area contributed by atoms with Gasteiger partial charge in [0.2, 0.25) is 0 Å². The zero-order valence-electron chi connectivity index (χ0n) is 10.1. The fraction of sp³-hybridized carbons (Fsp3) is 0.222. The highest BCUT2D eigenvalue weighted by Gasteiger charge is 2.21. The molecule has 19 heavy (non-hydrogen) atoms. The number of sulfonamides is 1. The number of aromatic amines is 1. The molecule has 2 rings (SSSR count). The second-order valence-corrected chi connectivity index (χ2v) is 5.48. The van der Waals surface area contributed by atoms with E-state index in [1.807, 2.05) is 0 Å². The molecule has 2 aromatic rings. The van der Waals surface area contributed by atoms with Crippen molar-refractivity contribution in [3.05, 3.63) is 39.3 Å². The molecule has 0 aliphatic carbocycles. The molecule has 2 heterocycles. The number of nitrogens with zero attached hydrogens (tertiary/aromatic N) is 3. The number of rotatable bonds is 3. The van der Waals surface area contributed by atoms with E-state index in [0.717, 1.165) is 15.3 Å². The highest BCUT2D eigenvalue weighted by atomic mass is 32.2. The number of H-pyrrole nitrogens is 1. The maximum atomic E-state index is 12.0. The van der Waals surface area contributed by atoms with Crippen LogP contribution < -0.4 is 16.0 Å². The van der Waals surface area contributed by atoms with Gasteiger partial charge in [-0.2, -0.15) is 5.10 Å². The Labute approximate surface area is 107 Å². The Morgan fingerprint density at radius 1 is 1.32 bits per heavy atom. The van der Waals surface area contributed by atoms with Gasteiger partial charge >= 0.3 is 5.69 Å². The standard InChI is InChI=1S/C9H11N5O4S/c1-13-5-6(8(15)14(2)9(13)16)19(17,18)12-7-3-4-10-11-7/h3-5H,1-2H3,(H2,10,11,12). The van der Waals surface area contributed by atoms with Gasteiger partial charge in [-0.05, 0) is 0 Å². The van der Waals surface area contributed by atoms with Crippen molar-refractivity contribution in [2.45, 2.75) is 4.90 Å². The van der Waals surface area contributed by atoms with Crippen molar-refractivity contribution in [3.8, 4) is 0 Å². The number of hydrogen-bond donors (Lipinski definition) is 2. The van der Waals surface area contributed by atoms with E-state index >= 15 is 0 Å². The van der Waals surface area contributed by atoms with Crippen molar-refractivity contribution in [2.75, 3.05) is 4.72 Å². The first-order valence-electron chi connectivity index (χ1n) is 5.12. The van der Waals surface area contributed by atoms with Gasteiger partial charge in [0, 0.05) is 26.4 Å². The van der Waals surface area contributed by atoms with Gasteiger partial charge in [-0.1, -0.05) is 0 Å². The van der Waals surface area contributed by atoms with E-state index in [0.29, 0.717) is 0 Å². The molecule has 9 nitrogen and oxygen atoms in total. The summed E-state index contributed by atoms with van der Waals surface area (Å²) in [6.45, 7) is 0. The van der Waals surface area contributed by atoms with Crippen molar-refractivity contribution < 1.29 is 8.42 Å². The van der Waals surface area contributed by atoms with Gasteiger partial charge in [-0.3, -0.25) is 19.2 Å². The second kappa shape index (κ2) is 4.39. The number of anilines is 1. The SMILES string of the molecule is Cn1cc(S(=O)(=O)Nc2ccn[nH]2)c(=O)n(C)c1=O. The summed E-state index contributed by atoms with van der Waals surface area (Å²) in [6.07, 6.45) is 2.33. The van der Waals surface area contributed by atoms with Crippen LogP contribution in [0.3, 0.4) is 0 Å². The highest BCUT2D eigenvalue weighted by Crippen LogP contribution is 2.08. The maximum absolute atomic E-state index is 12.0. The van der Waals surface area contributed by atoms with Crippen molar-refractivity contribution in [3.63, 3.8) is 0 Å². The third-order valence-corrected chi connectivity index (χ3v) is 3.80. The lowest BCUT2D eigenvalue weighted by Gasteiger charge is -2.08. The van der Waals surface area contributed by atoms with Gasteiger partial charge in [0.25, 0.3) is 15.6 Å². The number of hydrogen-bond acceptors (Lipinski definition) is 5. The molecule has 102 valence electrons. The van der Waals surface area contributed by atoms with Crippen molar-refractivity contribution >= 4 is 15.8 Å². The van der Waals surface area contributed by atoms with Gasteiger partial charge in [0.1, 0.15) is 5.82 Å². The molecular weight excluding hydrogens is 274 g/mol. The molecule has 2 aromatic heterocycles. The highest BCUT2D eigenvalue weighted by molar-refractivity contribution is 7.92. The smallest absolute Gasteiger partial charge is 0.302 e. The van der Waals surface area contributed by atoms with Crippen LogP contribution in [0.5, 0.6) is 0 Å². The molecule has 2 N–H and O–H groups in total. The predicted molar refractivity (Wildman–Crippen MR) is 66.3 cm³/mol. The molecule has 0 amide bonds. The molecule has 0 aromatic carbocycles. The normalized spacial score (nSPS) is 11.5. The zero-order chi connectivity index (χ0) is 14.2. The summed E-state index contributed by atoms with van der Waals surface area (Å²) < 4.78 is 28.0. The monoisotopic (exact) mass is 285 g/mol. The van der Waals surface area contributed by atoms with Crippen molar-refractivity contribution in [1.29, 1.82) is 0 Å². The van der Waals surface area contributed by atoms with E-state index in [9.17, 15) is 18.0 Å². The summed E-state index contributed by atoms with van der Waals surface area (Å²) in [5.41, 5.74) is -1.50. The Morgan fingerprint density at radius 2 is 2.00 bits per heavy atom. The van der Waals surface area contributed by atoms with Gasteiger partial charge in [-0.15, -0.1) is 0 Å². The van der Waals surface area contributed by atoms with Crippen LogP contribution in [0.25, 0.3) is 0 Å². The molecule has 0 saturated carbocycles. The van der Waals surface area contributed by atoms with Crippen LogP contribution in [0, 0.1) is 0 Å². The van der Waals surface area contributed by atoms with Crippen LogP contribution in [0.2, 0.25) is 0 Å². The lowest BCUT2D eigenvalue weighted by Crippen LogP contribution is -2.40. The van der Waals surface area contributed by atoms with Gasteiger partial charge in [-0.25, -0.2) is 13.2 Å². The Hall–Kier alpha value is -2.36. The Balaban J connectivity index is 2.59. The quantitative estimate of drug-likeness (QED) is 0.719. The fourth-order valence-corrected chi connectivity index (χ4v) is 2.65. The van der Waals surface area contributed by atoms with Crippen LogP contribution in [0.1, 0.15) is 0 Å². The predicted octanol–water partition coefficient (Wildman–Crippen LogP) is -1.39. The maximum Gasteiger partial charge on any atom is 0.330 e. The summed E-state index contributed by atoms with van der Waals surface area (Å²) >= 11 is 0. The Kier molecular flexibility index (Phi) is 3.02. The van der Waals surface area contributed by atoms with E-state index in [4.69, 9.17) is 0 Å². The van der Waals surface area contributed by atoms with Crippen LogP contribution in [-0.4, -0.2) is 27.7 Å². The number of aromatic nitrogens is 4. The van der Waals surface area contributed by atoms with Gasteiger partial charge in [0.05, 0.1) is 6.20 Å². The molecule has 10 heteroatoms. The zero-order valence-corrected chi connectivity index (χ0v) is 10.9. The van der Waals surface area contributed by atoms with E-state index in [1.54, 1.807) is 0 Å². The van der Waals surface area contributed by atoms with Crippen LogP contribution in [0.15, 0.2) is 32.9 Å². The topological polar surface area (TPSA) is 119 Å². The first kappa shape index (κ1) is 13.1. The molecule has 0 unspecified atom stereocenters. The molecule has 0 aliphatic rings. The molecule has 0 fully saturated rings. The fourth-order valence-electron chi connectivity index (χ4n) is 1.47. The van der Waals surface area contributed by atoms with E-state index in [2.05, 4.69) is 14.9 Å². The first-order valence-corrected chi connectivity index (χ1v) is 6.60. The van der Waals surface area contributed by atoms with Crippen molar-refractivity contribution in [1.82, 2.24) is 19.3 Å². The summed E-state index contributed by atoms with van der Waals surface area (Å²) in [4.78, 5) is 22.8. The summed E-state index contributed by atoms with van der Waals surface area (Å²) in [5.74, 6) is 0.121. The summed E-state index contributed by atoms with van der Waals surface area (Å²) in [5, 5.41) is 5.99. The lowest BCUT2D eigenvalue weighted by molar-refractivity contribution is 0.589. The third kappa shape index (κ3) is 2.29. The van der Waals surface area contributed by atoms with Crippen LogP contribution >= 0.6 is 0 Å². The van der Waals surface area contributed by atoms with Crippen molar-refractivity contribution in [2.24, 2.45) is 14.1 Å². The largest absolute Gasteiger partial charge is 0.330 e. The molecule has 0 radical (unpaired) electrons. The molecule has 0 saturated heterocycles. The molecule has 0 bridgehead atoms. The van der Waals surface area contributed by atoms with Crippen LogP contribution in [0.4, 0.5) is 5.82 Å². The molecular formula is C9H11N5O4S. The average molecular weight is 285 g/mol. The minimum atomic E-state index is -4.09. The van der Waals surface area contributed by atoms with Gasteiger partial charge in [0.15, 0.2) is 4.90 Å². The minimum Gasteiger partial charge on any atom is -0.302 e. The molecule has 0 spiro atoms. The Morgan fingerprint density at radius 3 is 2.58 bits per heavy atom.